The van der Waals surface area contributed by atoms with E-state index >= 15 is 0 Å². The summed E-state index contributed by atoms with van der Waals surface area (Å²) in [5, 5.41) is 3.71. The monoisotopic (exact) mass is 625 g/mol. The Labute approximate surface area is 276 Å². The Morgan fingerprint density at radius 2 is 1.67 bits per heavy atom. The Morgan fingerprint density at radius 1 is 1.02 bits per heavy atom. The molecular formula is C39H55N5O2. The molecule has 46 heavy (non-hydrogen) atoms. The first kappa shape index (κ1) is 33.9. The number of nitrogens with zero attached hydrogens (tertiary/aromatic N) is 2. The van der Waals surface area contributed by atoms with Gasteiger partial charge < -0.3 is 16.0 Å². The predicted octanol–water partition coefficient (Wildman–Crippen LogP) is 7.15. The summed E-state index contributed by atoms with van der Waals surface area (Å²) in [4.78, 5) is 33.4. The van der Waals surface area contributed by atoms with E-state index in [1.54, 1.807) is 4.90 Å². The van der Waals surface area contributed by atoms with Gasteiger partial charge in [0.2, 0.25) is 0 Å². The number of ketones is 1. The number of piperidine rings is 1. The number of fused-ring (bicyclic) bond motifs is 2. The van der Waals surface area contributed by atoms with E-state index in [1.165, 1.54) is 51.9 Å². The van der Waals surface area contributed by atoms with Crippen LogP contribution in [-0.4, -0.2) is 60.0 Å². The molecule has 1 unspecified atom stereocenters. The summed E-state index contributed by atoms with van der Waals surface area (Å²) in [5.41, 5.74) is 14.9. The third kappa shape index (κ3) is 7.42. The second kappa shape index (κ2) is 14.1. The summed E-state index contributed by atoms with van der Waals surface area (Å²) in [6.07, 6.45) is 7.16. The van der Waals surface area contributed by atoms with Crippen LogP contribution in [-0.2, 0) is 17.6 Å². The molecule has 4 N–H and O–H groups in total. The first-order valence-electron chi connectivity index (χ1n) is 17.3. The van der Waals surface area contributed by atoms with Gasteiger partial charge in [0.1, 0.15) is 0 Å². The molecule has 3 heterocycles. The fourth-order valence-electron chi connectivity index (χ4n) is 7.92. The van der Waals surface area contributed by atoms with Crippen LogP contribution >= 0.6 is 0 Å². The molecule has 7 heteroatoms. The van der Waals surface area contributed by atoms with Crippen molar-refractivity contribution in [3.8, 4) is 11.3 Å². The zero-order valence-corrected chi connectivity index (χ0v) is 29.1. The van der Waals surface area contributed by atoms with Gasteiger partial charge in [0, 0.05) is 35.6 Å². The number of primary amides is 1. The van der Waals surface area contributed by atoms with Crippen molar-refractivity contribution < 1.29 is 9.59 Å². The van der Waals surface area contributed by atoms with E-state index in [-0.39, 0.29) is 23.4 Å². The lowest BCUT2D eigenvalue weighted by atomic mass is 9.76. The summed E-state index contributed by atoms with van der Waals surface area (Å²) in [6, 6.07) is 14.6. The summed E-state index contributed by atoms with van der Waals surface area (Å²) in [5.74, 6) is 1.28. The predicted molar refractivity (Wildman–Crippen MR) is 190 cm³/mol. The Hall–Kier alpha value is -3.42. The number of urea groups is 1. The largest absolute Gasteiger partial charge is 0.361 e. The standard InChI is InChI=1S/C39H55N5O2/c1-25(2)44(38(40)46)33-10-8-29(9-11-33)13-17-41-23-28(5)34-31(24-42-35(34)32-21-26(3)20-27(4)22-32)12-16-39(6,7)37(45)36-30-14-18-43(36)19-15-30/h8-11,20-22,24-25,28,30,36,41-42H,12-19,23H2,1-7H3,(H2,40,46)/t28-,36?/m1/s1. The number of aromatic nitrogens is 1. The van der Waals surface area contributed by atoms with Gasteiger partial charge in [-0.3, -0.25) is 14.6 Å². The van der Waals surface area contributed by atoms with Crippen molar-refractivity contribution in [2.45, 2.75) is 98.6 Å². The van der Waals surface area contributed by atoms with Crippen molar-refractivity contribution in [2.24, 2.45) is 17.1 Å². The zero-order valence-electron chi connectivity index (χ0n) is 29.1. The van der Waals surface area contributed by atoms with E-state index in [4.69, 9.17) is 5.73 Å². The van der Waals surface area contributed by atoms with E-state index in [2.05, 4.69) is 86.3 Å². The summed E-state index contributed by atoms with van der Waals surface area (Å²) in [7, 11) is 0. The number of hydrogen-bond donors (Lipinski definition) is 3. The van der Waals surface area contributed by atoms with Gasteiger partial charge in [-0.05, 0) is 138 Å². The van der Waals surface area contributed by atoms with Crippen molar-refractivity contribution in [1.82, 2.24) is 15.2 Å². The van der Waals surface area contributed by atoms with Gasteiger partial charge in [-0.15, -0.1) is 0 Å². The van der Waals surface area contributed by atoms with Crippen LogP contribution in [0.15, 0.2) is 48.7 Å². The minimum Gasteiger partial charge on any atom is -0.361 e. The average Bonchev–Trinajstić information content (AvgIpc) is 3.72. The lowest BCUT2D eigenvalue weighted by Gasteiger charge is -2.30. The molecule has 0 aliphatic carbocycles. The molecule has 5 rings (SSSR count). The number of rotatable bonds is 14. The molecular weight excluding hydrogens is 570 g/mol. The van der Waals surface area contributed by atoms with Crippen LogP contribution < -0.4 is 16.0 Å². The van der Waals surface area contributed by atoms with Crippen molar-refractivity contribution in [3.05, 3.63) is 76.5 Å². The molecule has 2 aliphatic rings. The SMILES string of the molecule is Cc1cc(C)cc(-c2[nH]cc(CCC(C)(C)C(=O)C3C4CCN3CC4)c2[C@H](C)CNCCc2ccc(N(C(N)=O)C(C)C)cc2)c1. The lowest BCUT2D eigenvalue weighted by Crippen LogP contribution is -2.42. The molecule has 2 saturated heterocycles. The highest BCUT2D eigenvalue weighted by atomic mass is 16.2. The number of anilines is 1. The summed E-state index contributed by atoms with van der Waals surface area (Å²) in [6.45, 7) is 18.8. The molecule has 7 nitrogen and oxygen atoms in total. The number of Topliss-reactive ketones (excluding diaryl/α,β-unsaturated/α-hetero) is 1. The number of aryl methyl sites for hydroxylation is 3. The average molecular weight is 626 g/mol. The van der Waals surface area contributed by atoms with Gasteiger partial charge in [0.05, 0.1) is 6.04 Å². The van der Waals surface area contributed by atoms with Crippen LogP contribution in [0.1, 0.15) is 87.6 Å². The molecule has 0 radical (unpaired) electrons. The first-order valence-corrected chi connectivity index (χ1v) is 17.3. The quantitative estimate of drug-likeness (QED) is 0.166. The molecule has 0 spiro atoms. The van der Waals surface area contributed by atoms with Gasteiger partial charge in [0.15, 0.2) is 5.78 Å². The van der Waals surface area contributed by atoms with E-state index < -0.39 is 6.03 Å². The third-order valence-electron chi connectivity index (χ3n) is 10.4. The molecule has 3 aromatic rings. The zero-order chi connectivity index (χ0) is 33.2. The number of nitrogens with two attached hydrogens (primary N) is 1. The highest BCUT2D eigenvalue weighted by molar-refractivity contribution is 5.91. The molecule has 2 aromatic carbocycles. The Balaban J connectivity index is 1.27. The van der Waals surface area contributed by atoms with Gasteiger partial charge in [-0.1, -0.05) is 50.1 Å². The molecule has 248 valence electrons. The maximum absolute atomic E-state index is 13.8. The number of H-pyrrole nitrogens is 1. The van der Waals surface area contributed by atoms with Crippen LogP contribution in [0.4, 0.5) is 10.5 Å². The minimum absolute atomic E-state index is 0.00499. The van der Waals surface area contributed by atoms with Crippen LogP contribution in [0.3, 0.4) is 0 Å². The molecule has 1 aromatic heterocycles. The minimum atomic E-state index is -0.434. The molecule has 2 bridgehead atoms. The smallest absolute Gasteiger partial charge is 0.319 e. The van der Waals surface area contributed by atoms with Crippen molar-refractivity contribution in [3.63, 3.8) is 0 Å². The van der Waals surface area contributed by atoms with E-state index in [1.807, 2.05) is 26.0 Å². The van der Waals surface area contributed by atoms with Gasteiger partial charge in [0.25, 0.3) is 0 Å². The highest BCUT2D eigenvalue weighted by Crippen LogP contribution is 2.41. The maximum Gasteiger partial charge on any atom is 0.319 e. The Morgan fingerprint density at radius 3 is 2.24 bits per heavy atom. The number of benzene rings is 2. The molecule has 2 atom stereocenters. The van der Waals surface area contributed by atoms with E-state index in [9.17, 15) is 9.59 Å². The van der Waals surface area contributed by atoms with Crippen molar-refractivity contribution in [1.29, 1.82) is 0 Å². The van der Waals surface area contributed by atoms with Gasteiger partial charge >= 0.3 is 6.03 Å². The maximum atomic E-state index is 13.8. The first-order chi connectivity index (χ1) is 21.9. The van der Waals surface area contributed by atoms with Crippen molar-refractivity contribution >= 4 is 17.5 Å². The summed E-state index contributed by atoms with van der Waals surface area (Å²) < 4.78 is 0. The van der Waals surface area contributed by atoms with Gasteiger partial charge in [-0.25, -0.2) is 4.79 Å². The molecule has 2 fully saturated rings. The number of amides is 2. The van der Waals surface area contributed by atoms with Crippen molar-refractivity contribution in [2.75, 3.05) is 31.1 Å². The number of carbonyl (C=O) groups is 2. The third-order valence-corrected chi connectivity index (χ3v) is 10.4. The van der Waals surface area contributed by atoms with Crippen LogP contribution in [0.2, 0.25) is 0 Å². The fourth-order valence-corrected chi connectivity index (χ4v) is 7.92. The number of carbonyl (C=O) groups excluding carboxylic acids is 2. The molecule has 0 saturated carbocycles. The normalized spacial score (nSPS) is 20.0. The van der Waals surface area contributed by atoms with Gasteiger partial charge in [-0.2, -0.15) is 0 Å². The second-order valence-electron chi connectivity index (χ2n) is 14.9. The fraction of sp³-hybridized carbons (Fsp3) is 0.538. The second-order valence-corrected chi connectivity index (χ2v) is 14.9. The summed E-state index contributed by atoms with van der Waals surface area (Å²) >= 11 is 0. The van der Waals surface area contributed by atoms with Crippen LogP contribution in [0.25, 0.3) is 11.3 Å². The number of hydrogen-bond acceptors (Lipinski definition) is 4. The number of nitrogens with one attached hydrogen (secondary N) is 2. The van der Waals surface area contributed by atoms with E-state index in [0.717, 1.165) is 51.1 Å². The Kier molecular flexibility index (Phi) is 10.4. The highest BCUT2D eigenvalue weighted by Gasteiger charge is 2.47. The Bertz CT molecular complexity index is 1480. The molecule has 2 amide bonds. The van der Waals surface area contributed by atoms with Crippen LogP contribution in [0, 0.1) is 25.2 Å². The molecule has 2 aliphatic heterocycles. The lowest BCUT2D eigenvalue weighted by molar-refractivity contribution is -0.131. The topological polar surface area (TPSA) is 94.5 Å². The van der Waals surface area contributed by atoms with E-state index in [0.29, 0.717) is 11.7 Å². The van der Waals surface area contributed by atoms with Crippen LogP contribution in [0.5, 0.6) is 0 Å². The number of aromatic amines is 1.